The average molecular weight is 266 g/mol. The van der Waals surface area contributed by atoms with Crippen molar-refractivity contribution in [2.75, 3.05) is 18.9 Å². The normalized spacial score (nSPS) is 13.3. The first-order chi connectivity index (χ1) is 9.72. The van der Waals surface area contributed by atoms with Crippen LogP contribution >= 0.6 is 0 Å². The fourth-order valence-electron chi connectivity index (χ4n) is 3.01. The summed E-state index contributed by atoms with van der Waals surface area (Å²) in [5.74, 6) is 0. The molecule has 1 aliphatic rings. The van der Waals surface area contributed by atoms with Crippen molar-refractivity contribution in [3.05, 3.63) is 64.7 Å². The van der Waals surface area contributed by atoms with Crippen LogP contribution in [0, 0.1) is 6.92 Å². The number of benzene rings is 2. The minimum atomic E-state index is 0.990. The number of rotatable bonds is 4. The molecule has 20 heavy (non-hydrogen) atoms. The predicted octanol–water partition coefficient (Wildman–Crippen LogP) is 3.60. The molecule has 2 aromatic rings. The van der Waals surface area contributed by atoms with Crippen molar-refractivity contribution in [2.45, 2.75) is 26.4 Å². The molecule has 0 atom stereocenters. The molecule has 104 valence electrons. The van der Waals surface area contributed by atoms with Crippen LogP contribution in [0.15, 0.2) is 42.5 Å². The molecule has 0 amide bonds. The first-order valence-corrected chi connectivity index (χ1v) is 7.31. The molecule has 0 fully saturated rings. The van der Waals surface area contributed by atoms with E-state index >= 15 is 0 Å². The lowest BCUT2D eigenvalue weighted by molar-refractivity contribution is 0.319. The van der Waals surface area contributed by atoms with E-state index in [9.17, 15) is 0 Å². The quantitative estimate of drug-likeness (QED) is 0.909. The average Bonchev–Trinajstić information content (AvgIpc) is 2.88. The van der Waals surface area contributed by atoms with Crippen LogP contribution in [0.5, 0.6) is 0 Å². The number of nitrogens with zero attached hydrogens (tertiary/aromatic N) is 1. The topological polar surface area (TPSA) is 15.3 Å². The van der Waals surface area contributed by atoms with Gasteiger partial charge in [-0.05, 0) is 37.1 Å². The standard InChI is InChI=1S/C18H22N2/c1-14-5-3-6-15(11-14)12-20(2)13-17-8-4-7-16-9-10-19-18(16)17/h3-8,11,19H,9-10,12-13H2,1-2H3. The van der Waals surface area contributed by atoms with Gasteiger partial charge >= 0.3 is 0 Å². The van der Waals surface area contributed by atoms with Crippen LogP contribution < -0.4 is 5.32 Å². The van der Waals surface area contributed by atoms with Crippen LogP contribution in [0.3, 0.4) is 0 Å². The highest BCUT2D eigenvalue weighted by atomic mass is 15.1. The Balaban J connectivity index is 1.70. The Morgan fingerprint density at radius 1 is 1.10 bits per heavy atom. The minimum Gasteiger partial charge on any atom is -0.384 e. The van der Waals surface area contributed by atoms with Gasteiger partial charge in [-0.3, -0.25) is 4.90 Å². The van der Waals surface area contributed by atoms with Gasteiger partial charge in [-0.1, -0.05) is 48.0 Å². The number of anilines is 1. The SMILES string of the molecule is Cc1cccc(CN(C)Cc2cccc3c2NCC3)c1. The summed E-state index contributed by atoms with van der Waals surface area (Å²) < 4.78 is 0. The van der Waals surface area contributed by atoms with Crippen LogP contribution in [0.1, 0.15) is 22.3 Å². The van der Waals surface area contributed by atoms with Gasteiger partial charge in [-0.2, -0.15) is 0 Å². The van der Waals surface area contributed by atoms with E-state index in [-0.39, 0.29) is 0 Å². The Labute approximate surface area is 121 Å². The van der Waals surface area contributed by atoms with Gasteiger partial charge in [0, 0.05) is 25.3 Å². The zero-order chi connectivity index (χ0) is 13.9. The largest absolute Gasteiger partial charge is 0.384 e. The lowest BCUT2D eigenvalue weighted by Gasteiger charge is -2.19. The van der Waals surface area contributed by atoms with Gasteiger partial charge in [0.05, 0.1) is 0 Å². The Kier molecular flexibility index (Phi) is 3.75. The molecule has 0 saturated heterocycles. The van der Waals surface area contributed by atoms with Crippen LogP contribution in [0.4, 0.5) is 5.69 Å². The number of nitrogens with one attached hydrogen (secondary N) is 1. The zero-order valence-corrected chi connectivity index (χ0v) is 12.3. The summed E-state index contributed by atoms with van der Waals surface area (Å²) in [6.07, 6.45) is 1.16. The van der Waals surface area contributed by atoms with Crippen molar-refractivity contribution in [3.8, 4) is 0 Å². The molecule has 2 heteroatoms. The van der Waals surface area contributed by atoms with Gasteiger partial charge in [0.25, 0.3) is 0 Å². The van der Waals surface area contributed by atoms with Crippen LogP contribution in [0.2, 0.25) is 0 Å². The molecule has 0 radical (unpaired) electrons. The second kappa shape index (κ2) is 5.68. The molecule has 0 spiro atoms. The van der Waals surface area contributed by atoms with Gasteiger partial charge in [0.1, 0.15) is 0 Å². The van der Waals surface area contributed by atoms with E-state index in [0.717, 1.165) is 26.1 Å². The maximum Gasteiger partial charge on any atom is 0.0419 e. The van der Waals surface area contributed by atoms with E-state index in [1.54, 1.807) is 0 Å². The summed E-state index contributed by atoms with van der Waals surface area (Å²) in [4.78, 5) is 2.38. The summed E-state index contributed by atoms with van der Waals surface area (Å²) in [7, 11) is 2.19. The maximum absolute atomic E-state index is 3.52. The third-order valence-corrected chi connectivity index (χ3v) is 3.91. The molecular weight excluding hydrogens is 244 g/mol. The smallest absolute Gasteiger partial charge is 0.0419 e. The van der Waals surface area contributed by atoms with Gasteiger partial charge in [-0.15, -0.1) is 0 Å². The third-order valence-electron chi connectivity index (χ3n) is 3.91. The van der Waals surface area contributed by atoms with Crippen LogP contribution in [-0.4, -0.2) is 18.5 Å². The molecule has 0 aromatic heterocycles. The molecular formula is C18H22N2. The number of fused-ring (bicyclic) bond motifs is 1. The molecule has 0 aliphatic carbocycles. The fourth-order valence-corrected chi connectivity index (χ4v) is 3.01. The molecule has 2 nitrogen and oxygen atoms in total. The summed E-state index contributed by atoms with van der Waals surface area (Å²) in [6.45, 7) is 5.21. The van der Waals surface area contributed by atoms with Crippen molar-refractivity contribution >= 4 is 5.69 Å². The van der Waals surface area contributed by atoms with Crippen LogP contribution in [-0.2, 0) is 19.5 Å². The molecule has 2 aromatic carbocycles. The summed E-state index contributed by atoms with van der Waals surface area (Å²) >= 11 is 0. The Hall–Kier alpha value is -1.80. The summed E-state index contributed by atoms with van der Waals surface area (Å²) in [5.41, 5.74) is 6.96. The number of para-hydroxylation sites is 1. The monoisotopic (exact) mass is 266 g/mol. The van der Waals surface area contributed by atoms with Crippen molar-refractivity contribution < 1.29 is 0 Å². The second-order valence-electron chi connectivity index (χ2n) is 5.79. The number of aryl methyl sites for hydroxylation is 1. The highest BCUT2D eigenvalue weighted by molar-refractivity contribution is 5.61. The molecule has 1 N–H and O–H groups in total. The third kappa shape index (κ3) is 2.86. The molecule has 3 rings (SSSR count). The Morgan fingerprint density at radius 3 is 2.80 bits per heavy atom. The minimum absolute atomic E-state index is 0.990. The number of hydrogen-bond acceptors (Lipinski definition) is 2. The van der Waals surface area contributed by atoms with E-state index in [1.807, 2.05) is 0 Å². The van der Waals surface area contributed by atoms with E-state index in [4.69, 9.17) is 0 Å². The van der Waals surface area contributed by atoms with E-state index in [2.05, 4.69) is 66.7 Å². The maximum atomic E-state index is 3.52. The van der Waals surface area contributed by atoms with Gasteiger partial charge < -0.3 is 5.32 Å². The van der Waals surface area contributed by atoms with Crippen molar-refractivity contribution in [1.29, 1.82) is 0 Å². The molecule has 1 aliphatic heterocycles. The van der Waals surface area contributed by atoms with Crippen molar-refractivity contribution in [2.24, 2.45) is 0 Å². The first kappa shape index (κ1) is 13.2. The highest BCUT2D eigenvalue weighted by Crippen LogP contribution is 2.27. The molecule has 0 saturated carbocycles. The van der Waals surface area contributed by atoms with E-state index in [0.29, 0.717) is 0 Å². The zero-order valence-electron chi connectivity index (χ0n) is 12.3. The predicted molar refractivity (Wildman–Crippen MR) is 85.0 cm³/mol. The molecule has 0 unspecified atom stereocenters. The fraction of sp³-hybridized carbons (Fsp3) is 0.333. The summed E-state index contributed by atoms with van der Waals surface area (Å²) in [6, 6.07) is 15.4. The summed E-state index contributed by atoms with van der Waals surface area (Å²) in [5, 5.41) is 3.52. The van der Waals surface area contributed by atoms with E-state index < -0.39 is 0 Å². The second-order valence-corrected chi connectivity index (χ2v) is 5.79. The van der Waals surface area contributed by atoms with Gasteiger partial charge in [0.15, 0.2) is 0 Å². The highest BCUT2D eigenvalue weighted by Gasteiger charge is 2.14. The van der Waals surface area contributed by atoms with Gasteiger partial charge in [-0.25, -0.2) is 0 Å². The molecule has 1 heterocycles. The first-order valence-electron chi connectivity index (χ1n) is 7.31. The van der Waals surface area contributed by atoms with Gasteiger partial charge in [0.2, 0.25) is 0 Å². The van der Waals surface area contributed by atoms with Crippen molar-refractivity contribution in [1.82, 2.24) is 4.90 Å². The Bertz CT molecular complexity index is 604. The van der Waals surface area contributed by atoms with E-state index in [1.165, 1.54) is 27.9 Å². The number of hydrogen-bond donors (Lipinski definition) is 1. The Morgan fingerprint density at radius 2 is 1.95 bits per heavy atom. The molecule has 0 bridgehead atoms. The van der Waals surface area contributed by atoms with Crippen molar-refractivity contribution in [3.63, 3.8) is 0 Å². The lowest BCUT2D eigenvalue weighted by atomic mass is 10.1. The van der Waals surface area contributed by atoms with Crippen LogP contribution in [0.25, 0.3) is 0 Å². The lowest BCUT2D eigenvalue weighted by Crippen LogP contribution is -2.18.